The summed E-state index contributed by atoms with van der Waals surface area (Å²) >= 11 is 5.89. The third-order valence-electron chi connectivity index (χ3n) is 3.80. The van der Waals surface area contributed by atoms with E-state index in [1.165, 1.54) is 0 Å². The molecule has 0 spiro atoms. The first-order chi connectivity index (χ1) is 10.7. The van der Waals surface area contributed by atoms with E-state index in [4.69, 9.17) is 21.1 Å². The zero-order chi connectivity index (χ0) is 15.8. The SMILES string of the molecule is COCC(NC(=O)NCC1CCOCC1)c1ccc(Cl)cc1. The Hall–Kier alpha value is -1.30. The van der Waals surface area contributed by atoms with E-state index in [9.17, 15) is 4.79 Å². The largest absolute Gasteiger partial charge is 0.382 e. The van der Waals surface area contributed by atoms with Crippen LogP contribution in [0.4, 0.5) is 4.79 Å². The van der Waals surface area contributed by atoms with Crippen molar-refractivity contribution in [3.63, 3.8) is 0 Å². The first-order valence-electron chi connectivity index (χ1n) is 7.55. The van der Waals surface area contributed by atoms with Gasteiger partial charge in [-0.25, -0.2) is 4.79 Å². The van der Waals surface area contributed by atoms with Gasteiger partial charge in [-0.1, -0.05) is 23.7 Å². The van der Waals surface area contributed by atoms with E-state index >= 15 is 0 Å². The second-order valence-electron chi connectivity index (χ2n) is 5.47. The third-order valence-corrected chi connectivity index (χ3v) is 4.06. The molecule has 0 aliphatic carbocycles. The number of carbonyl (C=O) groups is 1. The maximum Gasteiger partial charge on any atom is 0.315 e. The average Bonchev–Trinajstić information content (AvgIpc) is 2.54. The summed E-state index contributed by atoms with van der Waals surface area (Å²) in [6.07, 6.45) is 2.00. The molecule has 2 N–H and O–H groups in total. The Labute approximate surface area is 136 Å². The fourth-order valence-electron chi connectivity index (χ4n) is 2.48. The molecule has 2 amide bonds. The topological polar surface area (TPSA) is 59.6 Å². The zero-order valence-electron chi connectivity index (χ0n) is 12.8. The van der Waals surface area contributed by atoms with Crippen LogP contribution in [0.2, 0.25) is 5.02 Å². The van der Waals surface area contributed by atoms with Gasteiger partial charge in [0.1, 0.15) is 0 Å². The van der Waals surface area contributed by atoms with Gasteiger partial charge in [-0.15, -0.1) is 0 Å². The summed E-state index contributed by atoms with van der Waals surface area (Å²) < 4.78 is 10.5. The molecule has 6 heteroatoms. The maximum atomic E-state index is 12.1. The van der Waals surface area contributed by atoms with Crippen LogP contribution in [0.3, 0.4) is 0 Å². The standard InChI is InChI=1S/C16H23ClN2O3/c1-21-11-15(13-2-4-14(17)5-3-13)19-16(20)18-10-12-6-8-22-9-7-12/h2-5,12,15H,6-11H2,1H3,(H2,18,19,20). The van der Waals surface area contributed by atoms with Crippen molar-refractivity contribution in [2.45, 2.75) is 18.9 Å². The van der Waals surface area contributed by atoms with Crippen LogP contribution in [0, 0.1) is 5.92 Å². The van der Waals surface area contributed by atoms with Crippen molar-refractivity contribution in [3.05, 3.63) is 34.9 Å². The van der Waals surface area contributed by atoms with E-state index in [-0.39, 0.29) is 12.1 Å². The molecule has 0 radical (unpaired) electrons. The number of methoxy groups -OCH3 is 1. The molecule has 0 bridgehead atoms. The van der Waals surface area contributed by atoms with Crippen LogP contribution in [-0.4, -0.2) is 39.5 Å². The van der Waals surface area contributed by atoms with E-state index in [1.807, 2.05) is 12.1 Å². The minimum atomic E-state index is -0.197. The van der Waals surface area contributed by atoms with Gasteiger partial charge in [0, 0.05) is 31.9 Å². The lowest BCUT2D eigenvalue weighted by atomic mass is 10.0. The molecule has 0 saturated carbocycles. The first kappa shape index (κ1) is 17.1. The summed E-state index contributed by atoms with van der Waals surface area (Å²) in [5.74, 6) is 0.496. The molecular weight excluding hydrogens is 304 g/mol. The quantitative estimate of drug-likeness (QED) is 0.845. The Morgan fingerprint density at radius 3 is 2.68 bits per heavy atom. The molecule has 22 heavy (non-hydrogen) atoms. The van der Waals surface area contributed by atoms with E-state index in [0.29, 0.717) is 24.1 Å². The molecule has 122 valence electrons. The van der Waals surface area contributed by atoms with Gasteiger partial charge in [0.05, 0.1) is 12.6 Å². The summed E-state index contributed by atoms with van der Waals surface area (Å²) in [5, 5.41) is 6.55. The molecule has 1 saturated heterocycles. The molecule has 1 unspecified atom stereocenters. The highest BCUT2D eigenvalue weighted by Crippen LogP contribution is 2.17. The Morgan fingerprint density at radius 1 is 1.36 bits per heavy atom. The number of hydrogen-bond acceptors (Lipinski definition) is 3. The predicted octanol–water partition coefficient (Wildman–Crippen LogP) is 2.75. The van der Waals surface area contributed by atoms with Crippen molar-refractivity contribution in [1.82, 2.24) is 10.6 Å². The highest BCUT2D eigenvalue weighted by atomic mass is 35.5. The zero-order valence-corrected chi connectivity index (χ0v) is 13.6. The molecule has 1 fully saturated rings. The van der Waals surface area contributed by atoms with Crippen LogP contribution < -0.4 is 10.6 Å². The van der Waals surface area contributed by atoms with Gasteiger partial charge in [-0.2, -0.15) is 0 Å². The van der Waals surface area contributed by atoms with E-state index in [1.54, 1.807) is 19.2 Å². The maximum absolute atomic E-state index is 12.1. The van der Waals surface area contributed by atoms with Crippen LogP contribution in [0.25, 0.3) is 0 Å². The third kappa shape index (κ3) is 5.48. The predicted molar refractivity (Wildman–Crippen MR) is 86.1 cm³/mol. The fourth-order valence-corrected chi connectivity index (χ4v) is 2.61. The Kier molecular flexibility index (Phi) is 6.96. The van der Waals surface area contributed by atoms with Crippen molar-refractivity contribution in [2.75, 3.05) is 33.5 Å². The summed E-state index contributed by atoms with van der Waals surface area (Å²) in [5.41, 5.74) is 0.965. The molecule has 5 nitrogen and oxygen atoms in total. The number of carbonyl (C=O) groups excluding carboxylic acids is 1. The van der Waals surface area contributed by atoms with Crippen molar-refractivity contribution >= 4 is 17.6 Å². The highest BCUT2D eigenvalue weighted by Gasteiger charge is 2.17. The van der Waals surface area contributed by atoms with Gasteiger partial charge in [-0.3, -0.25) is 0 Å². The van der Waals surface area contributed by atoms with Crippen LogP contribution in [0.1, 0.15) is 24.4 Å². The van der Waals surface area contributed by atoms with Gasteiger partial charge >= 0.3 is 6.03 Å². The Balaban J connectivity index is 1.84. The van der Waals surface area contributed by atoms with E-state index in [0.717, 1.165) is 31.6 Å². The lowest BCUT2D eigenvalue weighted by molar-refractivity contribution is 0.0668. The minimum absolute atomic E-state index is 0.177. The molecule has 1 aliphatic rings. The van der Waals surface area contributed by atoms with Crippen molar-refractivity contribution in [3.8, 4) is 0 Å². The normalized spacial score (nSPS) is 17.0. The summed E-state index contributed by atoms with van der Waals surface area (Å²) in [6.45, 7) is 2.65. The molecule has 1 atom stereocenters. The van der Waals surface area contributed by atoms with Crippen molar-refractivity contribution in [1.29, 1.82) is 0 Å². The second-order valence-corrected chi connectivity index (χ2v) is 5.91. The van der Waals surface area contributed by atoms with Gasteiger partial charge in [-0.05, 0) is 36.5 Å². The van der Waals surface area contributed by atoms with Gasteiger partial charge in [0.15, 0.2) is 0 Å². The fraction of sp³-hybridized carbons (Fsp3) is 0.562. The van der Waals surface area contributed by atoms with E-state index < -0.39 is 0 Å². The number of amides is 2. The Bertz CT molecular complexity index is 461. The number of nitrogens with one attached hydrogen (secondary N) is 2. The number of benzene rings is 1. The summed E-state index contributed by atoms with van der Waals surface area (Å²) in [6, 6.07) is 7.03. The average molecular weight is 327 g/mol. The highest BCUT2D eigenvalue weighted by molar-refractivity contribution is 6.30. The number of hydrogen-bond donors (Lipinski definition) is 2. The van der Waals surface area contributed by atoms with Gasteiger partial charge in [0.25, 0.3) is 0 Å². The summed E-state index contributed by atoms with van der Waals surface area (Å²) in [4.78, 5) is 12.1. The molecular formula is C16H23ClN2O3. The molecule has 1 aliphatic heterocycles. The van der Waals surface area contributed by atoms with Crippen LogP contribution >= 0.6 is 11.6 Å². The van der Waals surface area contributed by atoms with Crippen molar-refractivity contribution in [2.24, 2.45) is 5.92 Å². The van der Waals surface area contributed by atoms with Crippen LogP contribution in [-0.2, 0) is 9.47 Å². The monoisotopic (exact) mass is 326 g/mol. The molecule has 0 aromatic heterocycles. The first-order valence-corrected chi connectivity index (χ1v) is 7.93. The Morgan fingerprint density at radius 2 is 2.05 bits per heavy atom. The van der Waals surface area contributed by atoms with Gasteiger partial charge < -0.3 is 20.1 Å². The smallest absolute Gasteiger partial charge is 0.315 e. The minimum Gasteiger partial charge on any atom is -0.382 e. The molecule has 1 aromatic rings. The van der Waals surface area contributed by atoms with E-state index in [2.05, 4.69) is 10.6 Å². The van der Waals surface area contributed by atoms with Gasteiger partial charge in [0.2, 0.25) is 0 Å². The number of ether oxygens (including phenoxy) is 2. The lowest BCUT2D eigenvalue weighted by Gasteiger charge is -2.23. The van der Waals surface area contributed by atoms with Crippen molar-refractivity contribution < 1.29 is 14.3 Å². The molecule has 1 heterocycles. The summed E-state index contributed by atoms with van der Waals surface area (Å²) in [7, 11) is 1.62. The number of urea groups is 1. The number of rotatable bonds is 6. The van der Waals surface area contributed by atoms with Crippen LogP contribution in [0.5, 0.6) is 0 Å². The second kappa shape index (κ2) is 8.98. The lowest BCUT2D eigenvalue weighted by Crippen LogP contribution is -2.42. The molecule has 1 aromatic carbocycles. The number of halogens is 1. The van der Waals surface area contributed by atoms with Crippen LogP contribution in [0.15, 0.2) is 24.3 Å². The molecule has 2 rings (SSSR count).